The Morgan fingerprint density at radius 2 is 1.85 bits per heavy atom. The van der Waals surface area contributed by atoms with Crippen LogP contribution < -0.4 is 0 Å². The van der Waals surface area contributed by atoms with Gasteiger partial charge >= 0.3 is 0 Å². The van der Waals surface area contributed by atoms with Crippen LogP contribution >= 0.6 is 11.6 Å². The van der Waals surface area contributed by atoms with Crippen LogP contribution in [0.1, 0.15) is 36.9 Å². The van der Waals surface area contributed by atoms with E-state index in [1.807, 2.05) is 6.20 Å². The molecule has 0 unspecified atom stereocenters. The molecule has 3 heteroatoms. The first-order chi connectivity index (χ1) is 6.36. The Morgan fingerprint density at radius 1 is 1.08 bits per heavy atom. The summed E-state index contributed by atoms with van der Waals surface area (Å²) in [6.07, 6.45) is 9.22. The molecule has 0 atom stereocenters. The molecule has 1 aromatic rings. The lowest BCUT2D eigenvalue weighted by Gasteiger charge is -2.11. The molecular formula is C10H13ClN2. The maximum atomic E-state index is 5.75. The minimum Gasteiger partial charge on any atom is -0.226 e. The summed E-state index contributed by atoms with van der Waals surface area (Å²) in [6, 6.07) is 0. The van der Waals surface area contributed by atoms with Gasteiger partial charge in [0.1, 0.15) is 0 Å². The largest absolute Gasteiger partial charge is 0.226 e. The van der Waals surface area contributed by atoms with E-state index >= 15 is 0 Å². The van der Waals surface area contributed by atoms with Gasteiger partial charge in [0.15, 0.2) is 0 Å². The van der Waals surface area contributed by atoms with E-state index in [1.165, 1.54) is 36.9 Å². The maximum Gasteiger partial charge on any atom is 0.222 e. The van der Waals surface area contributed by atoms with Gasteiger partial charge in [-0.1, -0.05) is 12.8 Å². The predicted molar refractivity (Wildman–Crippen MR) is 52.9 cm³/mol. The fraction of sp³-hybridized carbons (Fsp3) is 0.600. The zero-order valence-corrected chi connectivity index (χ0v) is 8.35. The van der Waals surface area contributed by atoms with Gasteiger partial charge in [-0.3, -0.25) is 0 Å². The predicted octanol–water partition coefficient (Wildman–Crippen LogP) is 2.79. The van der Waals surface area contributed by atoms with Gasteiger partial charge in [0.2, 0.25) is 5.28 Å². The third-order valence-electron chi connectivity index (χ3n) is 2.53. The summed E-state index contributed by atoms with van der Waals surface area (Å²) in [5.74, 6) is 0. The van der Waals surface area contributed by atoms with Crippen LogP contribution in [0, 0.1) is 0 Å². The van der Waals surface area contributed by atoms with Crippen molar-refractivity contribution in [3.63, 3.8) is 0 Å². The standard InChI is InChI=1S/C10H13ClN2/c11-10-12-7-8-5-3-1-2-4-6-9(8)13-10/h7H,1-6H2. The molecule has 0 radical (unpaired) electrons. The van der Waals surface area contributed by atoms with Crippen molar-refractivity contribution in [2.75, 3.05) is 0 Å². The van der Waals surface area contributed by atoms with Gasteiger partial charge in [-0.15, -0.1) is 0 Å². The minimum absolute atomic E-state index is 0.388. The highest BCUT2D eigenvalue weighted by Gasteiger charge is 2.08. The molecule has 2 rings (SSSR count). The van der Waals surface area contributed by atoms with E-state index in [1.54, 1.807) is 0 Å². The Bertz CT molecular complexity index is 299. The lowest BCUT2D eigenvalue weighted by atomic mass is 9.98. The number of rotatable bonds is 0. The van der Waals surface area contributed by atoms with Crippen LogP contribution in [0.25, 0.3) is 0 Å². The van der Waals surface area contributed by atoms with Crippen LogP contribution in [0.2, 0.25) is 5.28 Å². The molecular weight excluding hydrogens is 184 g/mol. The van der Waals surface area contributed by atoms with Crippen molar-refractivity contribution in [2.24, 2.45) is 0 Å². The summed E-state index contributed by atoms with van der Waals surface area (Å²) in [7, 11) is 0. The summed E-state index contributed by atoms with van der Waals surface area (Å²) in [6.45, 7) is 0. The molecule has 0 bridgehead atoms. The highest BCUT2D eigenvalue weighted by atomic mass is 35.5. The average molecular weight is 197 g/mol. The van der Waals surface area contributed by atoms with E-state index in [9.17, 15) is 0 Å². The van der Waals surface area contributed by atoms with Gasteiger partial charge in [-0.25, -0.2) is 9.97 Å². The molecule has 0 N–H and O–H groups in total. The summed E-state index contributed by atoms with van der Waals surface area (Å²) < 4.78 is 0. The lowest BCUT2D eigenvalue weighted by Crippen LogP contribution is -2.03. The molecule has 0 amide bonds. The molecule has 1 aromatic heterocycles. The number of aryl methyl sites for hydroxylation is 2. The van der Waals surface area contributed by atoms with Crippen molar-refractivity contribution in [1.82, 2.24) is 9.97 Å². The summed E-state index contributed by atoms with van der Waals surface area (Å²) in [5.41, 5.74) is 2.46. The smallest absolute Gasteiger partial charge is 0.222 e. The molecule has 1 heterocycles. The van der Waals surface area contributed by atoms with Crippen molar-refractivity contribution in [2.45, 2.75) is 38.5 Å². The highest BCUT2D eigenvalue weighted by Crippen LogP contribution is 2.18. The van der Waals surface area contributed by atoms with Crippen molar-refractivity contribution in [3.8, 4) is 0 Å². The average Bonchev–Trinajstić information content (AvgIpc) is 2.08. The van der Waals surface area contributed by atoms with Crippen LogP contribution in [0.5, 0.6) is 0 Å². The molecule has 70 valence electrons. The quantitative estimate of drug-likeness (QED) is 0.597. The van der Waals surface area contributed by atoms with Crippen LogP contribution in [0.3, 0.4) is 0 Å². The Hall–Kier alpha value is -0.630. The molecule has 2 nitrogen and oxygen atoms in total. The van der Waals surface area contributed by atoms with Crippen molar-refractivity contribution < 1.29 is 0 Å². The summed E-state index contributed by atoms with van der Waals surface area (Å²) in [5, 5.41) is 0.388. The van der Waals surface area contributed by atoms with E-state index in [4.69, 9.17) is 11.6 Å². The van der Waals surface area contributed by atoms with Gasteiger partial charge in [-0.2, -0.15) is 0 Å². The second kappa shape index (κ2) is 4.05. The third kappa shape index (κ3) is 2.19. The number of nitrogens with zero attached hydrogens (tertiary/aromatic N) is 2. The van der Waals surface area contributed by atoms with Gasteiger partial charge in [0, 0.05) is 11.9 Å². The van der Waals surface area contributed by atoms with Crippen LogP contribution in [-0.2, 0) is 12.8 Å². The molecule has 0 spiro atoms. The fourth-order valence-corrected chi connectivity index (χ4v) is 1.96. The third-order valence-corrected chi connectivity index (χ3v) is 2.72. The van der Waals surface area contributed by atoms with Gasteiger partial charge in [0.05, 0.1) is 0 Å². The molecule has 0 fully saturated rings. The fourth-order valence-electron chi connectivity index (χ4n) is 1.80. The van der Waals surface area contributed by atoms with E-state index in [-0.39, 0.29) is 0 Å². The monoisotopic (exact) mass is 196 g/mol. The summed E-state index contributed by atoms with van der Waals surface area (Å²) in [4.78, 5) is 8.29. The number of hydrogen-bond donors (Lipinski definition) is 0. The van der Waals surface area contributed by atoms with Gasteiger partial charge < -0.3 is 0 Å². The van der Waals surface area contributed by atoms with Gasteiger partial charge in [0.25, 0.3) is 0 Å². The second-order valence-corrected chi connectivity index (χ2v) is 3.86. The highest BCUT2D eigenvalue weighted by molar-refractivity contribution is 6.28. The number of hydrogen-bond acceptors (Lipinski definition) is 2. The number of fused-ring (bicyclic) bond motifs is 1. The Labute approximate surface area is 83.4 Å². The Kier molecular flexibility index (Phi) is 2.79. The van der Waals surface area contributed by atoms with Crippen LogP contribution in [0.15, 0.2) is 6.20 Å². The molecule has 1 aliphatic carbocycles. The summed E-state index contributed by atoms with van der Waals surface area (Å²) >= 11 is 5.75. The Morgan fingerprint density at radius 3 is 2.69 bits per heavy atom. The SMILES string of the molecule is Clc1ncc2c(n1)CCCCCC2. The molecule has 1 aliphatic rings. The van der Waals surface area contributed by atoms with Crippen molar-refractivity contribution >= 4 is 11.6 Å². The minimum atomic E-state index is 0.388. The van der Waals surface area contributed by atoms with E-state index in [0.29, 0.717) is 5.28 Å². The van der Waals surface area contributed by atoms with Crippen molar-refractivity contribution in [1.29, 1.82) is 0 Å². The first kappa shape index (κ1) is 8.95. The lowest BCUT2D eigenvalue weighted by molar-refractivity contribution is 0.606. The van der Waals surface area contributed by atoms with Crippen LogP contribution in [0.4, 0.5) is 0 Å². The maximum absolute atomic E-state index is 5.75. The van der Waals surface area contributed by atoms with Gasteiger partial charge in [-0.05, 0) is 42.8 Å². The van der Waals surface area contributed by atoms with Crippen LogP contribution in [-0.4, -0.2) is 9.97 Å². The number of halogens is 1. The molecule has 0 aromatic carbocycles. The zero-order chi connectivity index (χ0) is 9.10. The van der Waals surface area contributed by atoms with E-state index < -0.39 is 0 Å². The Balaban J connectivity index is 2.28. The molecule has 0 aliphatic heterocycles. The van der Waals surface area contributed by atoms with E-state index in [0.717, 1.165) is 12.8 Å². The van der Waals surface area contributed by atoms with Crippen molar-refractivity contribution in [3.05, 3.63) is 22.7 Å². The molecule has 0 saturated heterocycles. The zero-order valence-electron chi connectivity index (χ0n) is 7.59. The first-order valence-corrected chi connectivity index (χ1v) is 5.24. The topological polar surface area (TPSA) is 25.8 Å². The first-order valence-electron chi connectivity index (χ1n) is 4.86. The number of aromatic nitrogens is 2. The molecule has 0 saturated carbocycles. The van der Waals surface area contributed by atoms with E-state index in [2.05, 4.69) is 9.97 Å². The molecule has 13 heavy (non-hydrogen) atoms. The second-order valence-electron chi connectivity index (χ2n) is 3.53. The normalized spacial score (nSPS) is 17.3.